The Balaban J connectivity index is 1.49. The standard InChI is InChI=1S/C18H25N3O4S/c22-17-13-15(14-21(17)16-7-3-1-4-8-16)18(23)19-9-12-26(24,25)20-10-5-2-6-11-20/h1,3-4,7-8,15H,2,5-6,9-14H2,(H,19,23). The highest BCUT2D eigenvalue weighted by molar-refractivity contribution is 7.89. The lowest BCUT2D eigenvalue weighted by atomic mass is 10.1. The van der Waals surface area contributed by atoms with Gasteiger partial charge in [0.25, 0.3) is 0 Å². The van der Waals surface area contributed by atoms with E-state index in [2.05, 4.69) is 5.32 Å². The molecule has 0 saturated carbocycles. The highest BCUT2D eigenvalue weighted by atomic mass is 32.2. The molecule has 3 rings (SSSR count). The van der Waals surface area contributed by atoms with E-state index in [4.69, 9.17) is 0 Å². The summed E-state index contributed by atoms with van der Waals surface area (Å²) in [6, 6.07) is 9.24. The summed E-state index contributed by atoms with van der Waals surface area (Å²) < 4.78 is 26.1. The van der Waals surface area contributed by atoms with Crippen molar-refractivity contribution in [2.24, 2.45) is 5.92 Å². The van der Waals surface area contributed by atoms with E-state index in [1.165, 1.54) is 4.31 Å². The van der Waals surface area contributed by atoms with E-state index in [0.29, 0.717) is 19.6 Å². The van der Waals surface area contributed by atoms with Crippen LogP contribution >= 0.6 is 0 Å². The number of nitrogens with one attached hydrogen (secondary N) is 1. The molecule has 8 heteroatoms. The van der Waals surface area contributed by atoms with Crippen LogP contribution in [0.25, 0.3) is 0 Å². The number of para-hydroxylation sites is 1. The molecule has 142 valence electrons. The van der Waals surface area contributed by atoms with Crippen LogP contribution in [0.1, 0.15) is 25.7 Å². The van der Waals surface area contributed by atoms with Gasteiger partial charge in [0.15, 0.2) is 0 Å². The molecule has 1 aromatic carbocycles. The molecule has 0 radical (unpaired) electrons. The van der Waals surface area contributed by atoms with Crippen LogP contribution in [0.2, 0.25) is 0 Å². The monoisotopic (exact) mass is 379 g/mol. The first-order valence-electron chi connectivity index (χ1n) is 9.08. The molecule has 0 bridgehead atoms. The molecule has 1 unspecified atom stereocenters. The maximum atomic E-state index is 12.3. The van der Waals surface area contributed by atoms with E-state index < -0.39 is 15.9 Å². The topological polar surface area (TPSA) is 86.8 Å². The predicted octanol–water partition coefficient (Wildman–Crippen LogP) is 0.971. The molecular formula is C18H25N3O4S. The van der Waals surface area contributed by atoms with Crippen LogP contribution in [0.15, 0.2) is 30.3 Å². The Morgan fingerprint density at radius 2 is 1.81 bits per heavy atom. The molecule has 26 heavy (non-hydrogen) atoms. The van der Waals surface area contributed by atoms with Crippen molar-refractivity contribution >= 4 is 27.5 Å². The number of carbonyl (C=O) groups excluding carboxylic acids is 2. The van der Waals surface area contributed by atoms with Crippen LogP contribution in [-0.4, -0.2) is 56.5 Å². The molecule has 2 aliphatic heterocycles. The van der Waals surface area contributed by atoms with Crippen molar-refractivity contribution in [1.29, 1.82) is 0 Å². The van der Waals surface area contributed by atoms with Gasteiger partial charge in [-0.05, 0) is 25.0 Å². The van der Waals surface area contributed by atoms with Gasteiger partial charge in [0.2, 0.25) is 21.8 Å². The third kappa shape index (κ3) is 4.42. The molecule has 2 saturated heterocycles. The zero-order valence-electron chi connectivity index (χ0n) is 14.8. The Morgan fingerprint density at radius 1 is 1.12 bits per heavy atom. The number of nitrogens with zero attached hydrogens (tertiary/aromatic N) is 2. The second kappa shape index (κ2) is 8.18. The van der Waals surface area contributed by atoms with Crippen LogP contribution in [0.3, 0.4) is 0 Å². The highest BCUT2D eigenvalue weighted by Crippen LogP contribution is 2.24. The van der Waals surface area contributed by atoms with Crippen molar-refractivity contribution in [2.45, 2.75) is 25.7 Å². The predicted molar refractivity (Wildman–Crippen MR) is 99.1 cm³/mol. The minimum Gasteiger partial charge on any atom is -0.355 e. The molecule has 7 nitrogen and oxygen atoms in total. The molecular weight excluding hydrogens is 354 g/mol. The lowest BCUT2D eigenvalue weighted by Crippen LogP contribution is -2.41. The summed E-state index contributed by atoms with van der Waals surface area (Å²) in [5.41, 5.74) is 0.778. The first-order valence-corrected chi connectivity index (χ1v) is 10.7. The van der Waals surface area contributed by atoms with E-state index in [1.807, 2.05) is 30.3 Å². The van der Waals surface area contributed by atoms with Gasteiger partial charge in [-0.15, -0.1) is 0 Å². The van der Waals surface area contributed by atoms with Gasteiger partial charge in [0.05, 0.1) is 11.7 Å². The van der Waals surface area contributed by atoms with Crippen molar-refractivity contribution in [3.8, 4) is 0 Å². The van der Waals surface area contributed by atoms with E-state index in [1.54, 1.807) is 4.90 Å². The Hall–Kier alpha value is -1.93. The Bertz CT molecular complexity index is 745. The van der Waals surface area contributed by atoms with Gasteiger partial charge >= 0.3 is 0 Å². The molecule has 2 fully saturated rings. The highest BCUT2D eigenvalue weighted by Gasteiger charge is 2.35. The van der Waals surface area contributed by atoms with Crippen LogP contribution < -0.4 is 10.2 Å². The summed E-state index contributed by atoms with van der Waals surface area (Å²) in [6.07, 6.45) is 3.01. The molecule has 0 spiro atoms. The normalized spacial score (nSPS) is 21.8. The fraction of sp³-hybridized carbons (Fsp3) is 0.556. The Labute approximate surface area is 154 Å². The fourth-order valence-electron chi connectivity index (χ4n) is 3.46. The smallest absolute Gasteiger partial charge is 0.227 e. The molecule has 1 N–H and O–H groups in total. The van der Waals surface area contributed by atoms with Crippen molar-refractivity contribution in [2.75, 3.05) is 36.8 Å². The first-order chi connectivity index (χ1) is 12.5. The minimum absolute atomic E-state index is 0.0771. The zero-order valence-corrected chi connectivity index (χ0v) is 15.6. The van der Waals surface area contributed by atoms with E-state index in [9.17, 15) is 18.0 Å². The number of rotatable bonds is 6. The Kier molecular flexibility index (Phi) is 5.93. The number of anilines is 1. The molecule has 1 atom stereocenters. The molecule has 1 aromatic rings. The van der Waals surface area contributed by atoms with E-state index >= 15 is 0 Å². The molecule has 2 amide bonds. The third-order valence-electron chi connectivity index (χ3n) is 4.93. The number of amides is 2. The number of carbonyl (C=O) groups is 2. The lowest BCUT2D eigenvalue weighted by Gasteiger charge is -2.25. The number of sulfonamides is 1. The van der Waals surface area contributed by atoms with Gasteiger partial charge in [0, 0.05) is 38.3 Å². The molecule has 2 heterocycles. The van der Waals surface area contributed by atoms with Gasteiger partial charge in [-0.3, -0.25) is 9.59 Å². The number of hydrogen-bond donors (Lipinski definition) is 1. The third-order valence-corrected chi connectivity index (χ3v) is 6.80. The van der Waals surface area contributed by atoms with Crippen molar-refractivity contribution in [1.82, 2.24) is 9.62 Å². The Morgan fingerprint density at radius 3 is 2.50 bits per heavy atom. The number of piperidine rings is 1. The van der Waals surface area contributed by atoms with Crippen molar-refractivity contribution < 1.29 is 18.0 Å². The van der Waals surface area contributed by atoms with Crippen LogP contribution in [-0.2, 0) is 19.6 Å². The summed E-state index contributed by atoms with van der Waals surface area (Å²) in [5, 5.41) is 2.69. The van der Waals surface area contributed by atoms with Gasteiger partial charge in [0.1, 0.15) is 0 Å². The quantitative estimate of drug-likeness (QED) is 0.798. The van der Waals surface area contributed by atoms with Gasteiger partial charge < -0.3 is 10.2 Å². The summed E-state index contributed by atoms with van der Waals surface area (Å²) in [5.74, 6) is -0.884. The molecule has 0 aliphatic carbocycles. The average Bonchev–Trinajstić information content (AvgIpc) is 3.05. The van der Waals surface area contributed by atoms with Crippen molar-refractivity contribution in [3.05, 3.63) is 30.3 Å². The second-order valence-electron chi connectivity index (χ2n) is 6.81. The summed E-state index contributed by atoms with van der Waals surface area (Å²) in [6.45, 7) is 1.54. The van der Waals surface area contributed by atoms with Gasteiger partial charge in [-0.25, -0.2) is 12.7 Å². The number of hydrogen-bond acceptors (Lipinski definition) is 4. The van der Waals surface area contributed by atoms with E-state index in [0.717, 1.165) is 24.9 Å². The summed E-state index contributed by atoms with van der Waals surface area (Å²) >= 11 is 0. The summed E-state index contributed by atoms with van der Waals surface area (Å²) in [4.78, 5) is 26.1. The van der Waals surface area contributed by atoms with Crippen LogP contribution in [0, 0.1) is 5.92 Å². The second-order valence-corrected chi connectivity index (χ2v) is 8.90. The maximum absolute atomic E-state index is 12.3. The largest absolute Gasteiger partial charge is 0.355 e. The van der Waals surface area contributed by atoms with Crippen molar-refractivity contribution in [3.63, 3.8) is 0 Å². The zero-order chi connectivity index (χ0) is 18.6. The molecule has 0 aromatic heterocycles. The SMILES string of the molecule is O=C(NCCS(=O)(=O)N1CCCCC1)C1CC(=O)N(c2ccccc2)C1. The molecule has 2 aliphatic rings. The minimum atomic E-state index is -3.33. The van der Waals surface area contributed by atoms with Gasteiger partial charge in [-0.2, -0.15) is 0 Å². The lowest BCUT2D eigenvalue weighted by molar-refractivity contribution is -0.126. The fourth-order valence-corrected chi connectivity index (χ4v) is 4.89. The first kappa shape index (κ1) is 18.8. The van der Waals surface area contributed by atoms with Crippen LogP contribution in [0.5, 0.6) is 0 Å². The average molecular weight is 379 g/mol. The van der Waals surface area contributed by atoms with Gasteiger partial charge in [-0.1, -0.05) is 24.6 Å². The maximum Gasteiger partial charge on any atom is 0.227 e. The van der Waals surface area contributed by atoms with Crippen LogP contribution in [0.4, 0.5) is 5.69 Å². The van der Waals surface area contributed by atoms with E-state index in [-0.39, 0.29) is 30.5 Å². The number of benzene rings is 1. The summed E-state index contributed by atoms with van der Waals surface area (Å²) in [7, 11) is -3.33.